The third kappa shape index (κ3) is 1.79. The Morgan fingerprint density at radius 1 is 1.30 bits per heavy atom. The van der Waals surface area contributed by atoms with Crippen molar-refractivity contribution in [1.82, 2.24) is 0 Å². The predicted molar refractivity (Wildman–Crippen MR) is 76.4 cm³/mol. The molecule has 0 aliphatic carbocycles. The lowest BCUT2D eigenvalue weighted by atomic mass is 10.1. The molecular formula is C15H13ClO4. The zero-order valence-corrected chi connectivity index (χ0v) is 12.1. The van der Waals surface area contributed by atoms with Crippen molar-refractivity contribution in [3.05, 3.63) is 34.2 Å². The number of esters is 1. The van der Waals surface area contributed by atoms with Gasteiger partial charge in [0.15, 0.2) is 5.58 Å². The van der Waals surface area contributed by atoms with Gasteiger partial charge in [0.2, 0.25) is 0 Å². The monoisotopic (exact) mass is 292 g/mol. The zero-order valence-electron chi connectivity index (χ0n) is 11.4. The third-order valence-corrected chi connectivity index (χ3v) is 3.47. The number of fused-ring (bicyclic) bond motifs is 3. The molecule has 20 heavy (non-hydrogen) atoms. The summed E-state index contributed by atoms with van der Waals surface area (Å²) < 4.78 is 16.3. The van der Waals surface area contributed by atoms with Crippen molar-refractivity contribution in [2.24, 2.45) is 0 Å². The number of carbonyl (C=O) groups is 1. The van der Waals surface area contributed by atoms with Crippen LogP contribution in [0.25, 0.3) is 21.9 Å². The SMILES string of the molecule is CCOC(=O)c1c(C)oc2cc(Cl)c3oc(C)cc3c12. The maximum atomic E-state index is 12.1. The van der Waals surface area contributed by atoms with E-state index in [9.17, 15) is 4.79 Å². The molecule has 0 spiro atoms. The first kappa shape index (κ1) is 13.1. The van der Waals surface area contributed by atoms with Crippen LogP contribution in [0.3, 0.4) is 0 Å². The van der Waals surface area contributed by atoms with Crippen molar-refractivity contribution in [2.45, 2.75) is 20.8 Å². The maximum absolute atomic E-state index is 12.1. The summed E-state index contributed by atoms with van der Waals surface area (Å²) >= 11 is 6.18. The Morgan fingerprint density at radius 3 is 2.75 bits per heavy atom. The highest BCUT2D eigenvalue weighted by molar-refractivity contribution is 6.37. The van der Waals surface area contributed by atoms with Crippen molar-refractivity contribution >= 4 is 39.5 Å². The molecule has 0 N–H and O–H groups in total. The molecule has 3 rings (SSSR count). The van der Waals surface area contributed by atoms with Gasteiger partial charge >= 0.3 is 5.97 Å². The fraction of sp³-hybridized carbons (Fsp3) is 0.267. The second-order valence-corrected chi connectivity index (χ2v) is 4.99. The summed E-state index contributed by atoms with van der Waals surface area (Å²) in [4.78, 5) is 12.1. The van der Waals surface area contributed by atoms with Crippen LogP contribution in [0.5, 0.6) is 0 Å². The number of rotatable bonds is 2. The Bertz CT molecular complexity index is 825. The van der Waals surface area contributed by atoms with Crippen LogP contribution in [-0.4, -0.2) is 12.6 Å². The average Bonchev–Trinajstić information content (AvgIpc) is 2.89. The van der Waals surface area contributed by atoms with Crippen molar-refractivity contribution in [3.63, 3.8) is 0 Å². The molecule has 104 valence electrons. The second kappa shape index (κ2) is 4.56. The van der Waals surface area contributed by atoms with Gasteiger partial charge in [-0.15, -0.1) is 0 Å². The van der Waals surface area contributed by atoms with E-state index in [0.29, 0.717) is 39.5 Å². The van der Waals surface area contributed by atoms with Gasteiger partial charge in [-0.05, 0) is 26.8 Å². The Hall–Kier alpha value is -1.94. The largest absolute Gasteiger partial charge is 0.462 e. The molecule has 0 aliphatic heterocycles. The molecule has 2 heterocycles. The number of benzene rings is 1. The van der Waals surface area contributed by atoms with E-state index >= 15 is 0 Å². The van der Waals surface area contributed by atoms with Gasteiger partial charge in [0, 0.05) is 16.8 Å². The minimum Gasteiger partial charge on any atom is -0.462 e. The highest BCUT2D eigenvalue weighted by Crippen LogP contribution is 2.38. The molecular weight excluding hydrogens is 280 g/mol. The average molecular weight is 293 g/mol. The smallest absolute Gasteiger partial charge is 0.342 e. The van der Waals surface area contributed by atoms with Gasteiger partial charge < -0.3 is 13.6 Å². The number of hydrogen-bond donors (Lipinski definition) is 0. The molecule has 0 unspecified atom stereocenters. The second-order valence-electron chi connectivity index (χ2n) is 4.59. The molecule has 0 radical (unpaired) electrons. The quantitative estimate of drug-likeness (QED) is 0.646. The minimum absolute atomic E-state index is 0.312. The lowest BCUT2D eigenvalue weighted by molar-refractivity contribution is 0.0526. The Morgan fingerprint density at radius 2 is 2.05 bits per heavy atom. The number of carbonyl (C=O) groups excluding carboxylic acids is 1. The van der Waals surface area contributed by atoms with Gasteiger partial charge in [-0.3, -0.25) is 0 Å². The Kier molecular flexibility index (Phi) is 2.98. The van der Waals surface area contributed by atoms with Crippen molar-refractivity contribution in [1.29, 1.82) is 0 Å². The van der Waals surface area contributed by atoms with E-state index < -0.39 is 5.97 Å². The van der Waals surface area contributed by atoms with Gasteiger partial charge in [-0.2, -0.15) is 0 Å². The molecule has 3 aromatic rings. The minimum atomic E-state index is -0.397. The number of furan rings is 2. The van der Waals surface area contributed by atoms with Crippen LogP contribution in [0.1, 0.15) is 28.8 Å². The van der Waals surface area contributed by atoms with Crippen molar-refractivity contribution in [2.75, 3.05) is 6.61 Å². The molecule has 0 saturated carbocycles. The number of ether oxygens (including phenoxy) is 1. The molecule has 0 amide bonds. The van der Waals surface area contributed by atoms with Crippen LogP contribution in [0, 0.1) is 13.8 Å². The van der Waals surface area contributed by atoms with Crippen LogP contribution in [0.4, 0.5) is 0 Å². The zero-order chi connectivity index (χ0) is 14.4. The van der Waals surface area contributed by atoms with E-state index in [1.807, 2.05) is 13.0 Å². The standard InChI is InChI=1S/C15H13ClO4/c1-4-18-15(17)12-8(3)20-11-6-10(16)14-9(13(11)12)5-7(2)19-14/h5-6H,4H2,1-3H3. The van der Waals surface area contributed by atoms with Crippen molar-refractivity contribution < 1.29 is 18.4 Å². The fourth-order valence-electron chi connectivity index (χ4n) is 2.44. The summed E-state index contributed by atoms with van der Waals surface area (Å²) in [5, 5.41) is 1.92. The molecule has 0 atom stereocenters. The summed E-state index contributed by atoms with van der Waals surface area (Å²) in [5.41, 5.74) is 1.55. The molecule has 2 aromatic heterocycles. The summed E-state index contributed by atoms with van der Waals surface area (Å²) in [7, 11) is 0. The molecule has 5 heteroatoms. The van der Waals surface area contributed by atoms with Crippen LogP contribution in [-0.2, 0) is 4.74 Å². The Labute approximate surface area is 120 Å². The molecule has 0 fully saturated rings. The van der Waals surface area contributed by atoms with E-state index in [2.05, 4.69) is 0 Å². The predicted octanol–water partition coefficient (Wildman–Crippen LogP) is 4.63. The first-order chi connectivity index (χ1) is 9.52. The molecule has 4 nitrogen and oxygen atoms in total. The van der Waals surface area contributed by atoms with Gasteiger partial charge in [0.05, 0.1) is 11.6 Å². The highest BCUT2D eigenvalue weighted by atomic mass is 35.5. The molecule has 0 bridgehead atoms. The fourth-order valence-corrected chi connectivity index (χ4v) is 2.68. The summed E-state index contributed by atoms with van der Waals surface area (Å²) in [6.45, 7) is 5.65. The molecule has 1 aromatic carbocycles. The summed E-state index contributed by atoms with van der Waals surface area (Å²) in [6, 6.07) is 3.51. The van der Waals surface area contributed by atoms with Gasteiger partial charge in [-0.1, -0.05) is 11.6 Å². The number of aryl methyl sites for hydroxylation is 2. The topological polar surface area (TPSA) is 52.6 Å². The van der Waals surface area contributed by atoms with E-state index in [0.717, 1.165) is 11.1 Å². The van der Waals surface area contributed by atoms with Crippen molar-refractivity contribution in [3.8, 4) is 0 Å². The van der Waals surface area contributed by atoms with Crippen LogP contribution >= 0.6 is 11.6 Å². The third-order valence-electron chi connectivity index (χ3n) is 3.19. The maximum Gasteiger partial charge on any atom is 0.342 e. The normalized spacial score (nSPS) is 11.4. The first-order valence-corrected chi connectivity index (χ1v) is 6.69. The molecule has 0 aliphatic rings. The summed E-state index contributed by atoms with van der Waals surface area (Å²) in [6.07, 6.45) is 0. The Balaban J connectivity index is 2.43. The van der Waals surface area contributed by atoms with Crippen LogP contribution in [0.15, 0.2) is 21.0 Å². The highest BCUT2D eigenvalue weighted by Gasteiger charge is 2.23. The van der Waals surface area contributed by atoms with Crippen LogP contribution in [0.2, 0.25) is 5.02 Å². The first-order valence-electron chi connectivity index (χ1n) is 6.31. The van der Waals surface area contributed by atoms with E-state index in [-0.39, 0.29) is 0 Å². The van der Waals surface area contributed by atoms with Crippen LogP contribution < -0.4 is 0 Å². The van der Waals surface area contributed by atoms with E-state index in [1.54, 1.807) is 19.9 Å². The molecule has 0 saturated heterocycles. The van der Waals surface area contributed by atoms with Gasteiger partial charge in [0.1, 0.15) is 22.7 Å². The van der Waals surface area contributed by atoms with Gasteiger partial charge in [0.25, 0.3) is 0 Å². The number of halogens is 1. The summed E-state index contributed by atoms with van der Waals surface area (Å²) in [5.74, 6) is 0.843. The lowest BCUT2D eigenvalue weighted by Crippen LogP contribution is -2.05. The van der Waals surface area contributed by atoms with Gasteiger partial charge in [-0.25, -0.2) is 4.79 Å². The number of hydrogen-bond acceptors (Lipinski definition) is 4. The van der Waals surface area contributed by atoms with E-state index in [1.165, 1.54) is 0 Å². The van der Waals surface area contributed by atoms with E-state index in [4.69, 9.17) is 25.2 Å². The lowest BCUT2D eigenvalue weighted by Gasteiger charge is -2.01.